The number of carbonyl (C=O) groups excluding carboxylic acids is 1. The van der Waals surface area contributed by atoms with Crippen molar-refractivity contribution < 1.29 is 9.18 Å². The van der Waals surface area contributed by atoms with E-state index in [4.69, 9.17) is 5.73 Å². The van der Waals surface area contributed by atoms with Crippen molar-refractivity contribution in [1.82, 2.24) is 15.0 Å². The molecule has 1 aromatic carbocycles. The highest BCUT2D eigenvalue weighted by Crippen LogP contribution is 2.15. The summed E-state index contributed by atoms with van der Waals surface area (Å²) in [6, 6.07) is 5.85. The molecule has 6 heteroatoms. The summed E-state index contributed by atoms with van der Waals surface area (Å²) in [5, 5.41) is 7.58. The largest absolute Gasteiger partial charge is 0.368 e. The molecule has 2 N–H and O–H groups in total. The van der Waals surface area contributed by atoms with Crippen molar-refractivity contribution in [3.05, 3.63) is 36.3 Å². The molecule has 0 saturated heterocycles. The summed E-state index contributed by atoms with van der Waals surface area (Å²) in [6.07, 6.45) is 1.58. The van der Waals surface area contributed by atoms with Crippen LogP contribution >= 0.6 is 0 Å². The Morgan fingerprint density at radius 1 is 1.38 bits per heavy atom. The second kappa shape index (κ2) is 4.09. The van der Waals surface area contributed by atoms with Crippen molar-refractivity contribution >= 4 is 5.91 Å². The van der Waals surface area contributed by atoms with Gasteiger partial charge in [-0.2, -0.15) is 0 Å². The van der Waals surface area contributed by atoms with Crippen molar-refractivity contribution in [3.8, 4) is 11.3 Å². The smallest absolute Gasteiger partial charge is 0.239 e. The third-order valence-corrected chi connectivity index (χ3v) is 2.00. The van der Waals surface area contributed by atoms with Crippen LogP contribution in [-0.4, -0.2) is 20.9 Å². The summed E-state index contributed by atoms with van der Waals surface area (Å²) in [5.74, 6) is -0.802. The first-order valence-corrected chi connectivity index (χ1v) is 4.59. The van der Waals surface area contributed by atoms with Gasteiger partial charge in [-0.05, 0) is 24.3 Å². The third kappa shape index (κ3) is 2.22. The molecule has 0 aliphatic rings. The maximum absolute atomic E-state index is 12.7. The van der Waals surface area contributed by atoms with Crippen molar-refractivity contribution in [2.24, 2.45) is 5.73 Å². The van der Waals surface area contributed by atoms with Crippen LogP contribution in [0.15, 0.2) is 30.5 Å². The van der Waals surface area contributed by atoms with Crippen LogP contribution in [0.5, 0.6) is 0 Å². The van der Waals surface area contributed by atoms with E-state index in [9.17, 15) is 9.18 Å². The minimum Gasteiger partial charge on any atom is -0.368 e. The molecule has 82 valence electrons. The molecular weight excluding hydrogens is 211 g/mol. The van der Waals surface area contributed by atoms with Crippen molar-refractivity contribution in [3.63, 3.8) is 0 Å². The minimum atomic E-state index is -0.490. The molecule has 0 bridgehead atoms. The van der Waals surface area contributed by atoms with E-state index in [0.717, 1.165) is 5.56 Å². The number of nitrogens with zero attached hydrogens (tertiary/aromatic N) is 3. The van der Waals surface area contributed by atoms with Gasteiger partial charge >= 0.3 is 0 Å². The lowest BCUT2D eigenvalue weighted by molar-refractivity contribution is -0.118. The molecule has 0 saturated carbocycles. The number of nitrogens with two attached hydrogens (primary N) is 1. The minimum absolute atomic E-state index is 0.0196. The Morgan fingerprint density at radius 2 is 2.06 bits per heavy atom. The lowest BCUT2D eigenvalue weighted by Gasteiger charge is -1.94. The van der Waals surface area contributed by atoms with Crippen LogP contribution in [0.4, 0.5) is 4.39 Å². The number of rotatable bonds is 3. The van der Waals surface area contributed by atoms with E-state index in [1.807, 2.05) is 0 Å². The number of halogens is 1. The average molecular weight is 220 g/mol. The zero-order valence-electron chi connectivity index (χ0n) is 8.30. The quantitative estimate of drug-likeness (QED) is 0.821. The molecule has 0 spiro atoms. The summed E-state index contributed by atoms with van der Waals surface area (Å²) in [7, 11) is 0. The highest BCUT2D eigenvalue weighted by atomic mass is 19.1. The zero-order valence-corrected chi connectivity index (χ0v) is 8.30. The fraction of sp³-hybridized carbons (Fsp3) is 0.100. The van der Waals surface area contributed by atoms with E-state index in [2.05, 4.69) is 10.3 Å². The SMILES string of the molecule is NC(=O)Cn1cc(-c2ccc(F)cc2)nn1. The molecular formula is C10H9FN4O. The molecule has 0 aliphatic carbocycles. The van der Waals surface area contributed by atoms with Gasteiger partial charge in [-0.25, -0.2) is 9.07 Å². The van der Waals surface area contributed by atoms with Gasteiger partial charge in [0.25, 0.3) is 0 Å². The van der Waals surface area contributed by atoms with Crippen LogP contribution in [0.25, 0.3) is 11.3 Å². The van der Waals surface area contributed by atoms with Gasteiger partial charge in [0.05, 0.1) is 6.20 Å². The highest BCUT2D eigenvalue weighted by molar-refractivity contribution is 5.73. The number of hydrogen-bond acceptors (Lipinski definition) is 3. The van der Waals surface area contributed by atoms with Crippen LogP contribution < -0.4 is 5.73 Å². The van der Waals surface area contributed by atoms with Gasteiger partial charge in [0, 0.05) is 5.56 Å². The van der Waals surface area contributed by atoms with Crippen molar-refractivity contribution in [1.29, 1.82) is 0 Å². The topological polar surface area (TPSA) is 73.8 Å². The lowest BCUT2D eigenvalue weighted by Crippen LogP contribution is -2.18. The Morgan fingerprint density at radius 3 is 2.69 bits per heavy atom. The summed E-state index contributed by atoms with van der Waals surface area (Å²) >= 11 is 0. The fourth-order valence-electron chi connectivity index (χ4n) is 1.29. The standard InChI is InChI=1S/C10H9FN4O/c11-8-3-1-7(2-4-8)9-5-15(14-13-9)6-10(12)16/h1-5H,6H2,(H2,12,16). The third-order valence-electron chi connectivity index (χ3n) is 2.00. The molecule has 16 heavy (non-hydrogen) atoms. The average Bonchev–Trinajstić information content (AvgIpc) is 2.66. The molecule has 0 fully saturated rings. The molecule has 0 radical (unpaired) electrons. The van der Waals surface area contributed by atoms with Gasteiger partial charge in [0.1, 0.15) is 18.1 Å². The van der Waals surface area contributed by atoms with E-state index < -0.39 is 5.91 Å². The normalized spacial score (nSPS) is 10.3. The molecule has 5 nitrogen and oxygen atoms in total. The Balaban J connectivity index is 2.24. The summed E-state index contributed by atoms with van der Waals surface area (Å²) in [5.41, 5.74) is 6.32. The van der Waals surface area contributed by atoms with Gasteiger partial charge < -0.3 is 5.73 Å². The van der Waals surface area contributed by atoms with E-state index in [0.29, 0.717) is 5.69 Å². The van der Waals surface area contributed by atoms with E-state index in [1.165, 1.54) is 16.8 Å². The molecule has 1 aromatic heterocycles. The number of hydrogen-bond donors (Lipinski definition) is 1. The Bertz CT molecular complexity index is 506. The van der Waals surface area contributed by atoms with Gasteiger partial charge in [-0.1, -0.05) is 5.21 Å². The molecule has 2 rings (SSSR count). The Kier molecular flexibility index (Phi) is 2.63. The maximum atomic E-state index is 12.7. The molecule has 1 heterocycles. The second-order valence-electron chi connectivity index (χ2n) is 3.27. The maximum Gasteiger partial charge on any atom is 0.239 e. The molecule has 0 aliphatic heterocycles. The highest BCUT2D eigenvalue weighted by Gasteiger charge is 2.05. The molecule has 1 amide bonds. The number of benzene rings is 1. The molecule has 0 atom stereocenters. The molecule has 0 unspecified atom stereocenters. The summed E-state index contributed by atoms with van der Waals surface area (Å²) < 4.78 is 14.0. The van der Waals surface area contributed by atoms with Gasteiger partial charge in [0.2, 0.25) is 5.91 Å². The Labute approximate surface area is 90.7 Å². The van der Waals surface area contributed by atoms with Crippen LogP contribution in [0.2, 0.25) is 0 Å². The van der Waals surface area contributed by atoms with E-state index in [-0.39, 0.29) is 12.4 Å². The second-order valence-corrected chi connectivity index (χ2v) is 3.27. The van der Waals surface area contributed by atoms with Crippen LogP contribution in [0, 0.1) is 5.82 Å². The van der Waals surface area contributed by atoms with Gasteiger partial charge in [-0.3, -0.25) is 4.79 Å². The predicted octanol–water partition coefficient (Wildman–Crippen LogP) is 0.569. The predicted molar refractivity (Wildman–Crippen MR) is 54.6 cm³/mol. The summed E-state index contributed by atoms with van der Waals surface area (Å²) in [4.78, 5) is 10.6. The number of amides is 1. The van der Waals surface area contributed by atoms with Gasteiger partial charge in [-0.15, -0.1) is 5.10 Å². The summed E-state index contributed by atoms with van der Waals surface area (Å²) in [6.45, 7) is -0.0196. The first-order valence-electron chi connectivity index (χ1n) is 4.59. The van der Waals surface area contributed by atoms with Crippen molar-refractivity contribution in [2.45, 2.75) is 6.54 Å². The van der Waals surface area contributed by atoms with Gasteiger partial charge in [0.15, 0.2) is 0 Å². The first kappa shape index (κ1) is 10.3. The van der Waals surface area contributed by atoms with Crippen LogP contribution in [-0.2, 0) is 11.3 Å². The lowest BCUT2D eigenvalue weighted by atomic mass is 10.2. The first-order chi connectivity index (χ1) is 7.65. The van der Waals surface area contributed by atoms with Crippen LogP contribution in [0.1, 0.15) is 0 Å². The van der Waals surface area contributed by atoms with Crippen molar-refractivity contribution in [2.75, 3.05) is 0 Å². The number of carbonyl (C=O) groups is 1. The molecule has 2 aromatic rings. The van der Waals surface area contributed by atoms with E-state index in [1.54, 1.807) is 18.3 Å². The fourth-order valence-corrected chi connectivity index (χ4v) is 1.29. The zero-order chi connectivity index (χ0) is 11.5. The Hall–Kier alpha value is -2.24. The monoisotopic (exact) mass is 220 g/mol. The van der Waals surface area contributed by atoms with Crippen LogP contribution in [0.3, 0.4) is 0 Å². The number of aromatic nitrogens is 3. The number of primary amides is 1. The van der Waals surface area contributed by atoms with E-state index >= 15 is 0 Å².